The number of nitrogens with zero attached hydrogens (tertiary/aromatic N) is 2. The maximum absolute atomic E-state index is 13.7. The Hall–Kier alpha value is -5.43. The molecule has 0 bridgehead atoms. The van der Waals surface area contributed by atoms with E-state index in [1.165, 1.54) is 13.2 Å². The molecule has 4 N–H and O–H groups in total. The molecule has 2 heterocycles. The lowest BCUT2D eigenvalue weighted by Crippen LogP contribution is -2.54. The highest BCUT2D eigenvalue weighted by Crippen LogP contribution is 2.16. The Kier molecular flexibility index (Phi) is 14.0. The second kappa shape index (κ2) is 18.8. The number of ether oxygens (including phenoxy) is 3. The summed E-state index contributed by atoms with van der Waals surface area (Å²) < 4.78 is 20.7. The Morgan fingerprint density at radius 3 is 2.06 bits per heavy atom. The highest BCUT2D eigenvalue weighted by Gasteiger charge is 2.30. The van der Waals surface area contributed by atoms with Crippen molar-refractivity contribution in [2.24, 2.45) is 5.92 Å². The fraction of sp³-hybridized carbons (Fsp3) is 0.361. The van der Waals surface area contributed by atoms with Crippen molar-refractivity contribution in [2.45, 2.75) is 70.6 Å². The molecule has 13 nitrogen and oxygen atoms in total. The Labute approximate surface area is 285 Å². The van der Waals surface area contributed by atoms with Crippen LogP contribution in [0.2, 0.25) is 0 Å². The van der Waals surface area contributed by atoms with Gasteiger partial charge in [-0.2, -0.15) is 0 Å². The van der Waals surface area contributed by atoms with Crippen LogP contribution in [0.3, 0.4) is 0 Å². The zero-order valence-electron chi connectivity index (χ0n) is 27.8. The molecule has 0 fully saturated rings. The monoisotopic (exact) mass is 673 g/mol. The van der Waals surface area contributed by atoms with E-state index in [-0.39, 0.29) is 37.2 Å². The second-order valence-corrected chi connectivity index (χ2v) is 11.9. The standard InChI is InChI=1S/C36H43N5O8/c1-24(2)33(40-36(45)48-23-29-20-32(46-3)41-49-29)34(43)38-28(17-25-11-6-4-7-12-25)19-31(42)30(18-26-13-8-5-9-14-26)39-35(44)47-22-27-15-10-16-37-21-27/h4-16,20-21,24,28,30-31,33,42H,17-19,22-23H2,1-3H3,(H,38,43)(H,39,44)(H,40,45)/t28-,30-,31-,33?/m0/s1. The number of rotatable bonds is 17. The van der Waals surface area contributed by atoms with Crippen LogP contribution in [0.1, 0.15) is 42.7 Å². The summed E-state index contributed by atoms with van der Waals surface area (Å²) in [5.41, 5.74) is 2.55. The molecule has 0 spiro atoms. The number of hydrogen-bond donors (Lipinski definition) is 4. The Bertz CT molecular complexity index is 1590. The summed E-state index contributed by atoms with van der Waals surface area (Å²) >= 11 is 0. The van der Waals surface area contributed by atoms with E-state index >= 15 is 0 Å². The normalized spacial score (nSPS) is 13.4. The molecule has 3 amide bonds. The SMILES string of the molecule is COc1cc(COC(=O)NC(C(=O)N[C@@H](Cc2ccccc2)C[C@H](O)[C@H](Cc2ccccc2)NC(=O)OCc2cccnc2)C(C)C)on1. The van der Waals surface area contributed by atoms with Crippen LogP contribution in [0.5, 0.6) is 5.88 Å². The fourth-order valence-corrected chi connectivity index (χ4v) is 5.11. The van der Waals surface area contributed by atoms with Crippen LogP contribution in [0.4, 0.5) is 9.59 Å². The smallest absolute Gasteiger partial charge is 0.408 e. The number of nitrogens with one attached hydrogen (secondary N) is 3. The zero-order valence-corrected chi connectivity index (χ0v) is 27.8. The van der Waals surface area contributed by atoms with Gasteiger partial charge in [-0.15, -0.1) is 0 Å². The third-order valence-corrected chi connectivity index (χ3v) is 7.67. The first-order chi connectivity index (χ1) is 23.7. The van der Waals surface area contributed by atoms with Gasteiger partial charge in [-0.25, -0.2) is 9.59 Å². The Morgan fingerprint density at radius 2 is 1.45 bits per heavy atom. The van der Waals surface area contributed by atoms with Gasteiger partial charge in [-0.1, -0.05) is 80.6 Å². The molecule has 1 unspecified atom stereocenters. The number of benzene rings is 2. The second-order valence-electron chi connectivity index (χ2n) is 11.9. The number of methoxy groups -OCH3 is 1. The number of carbonyl (C=O) groups is 3. The average molecular weight is 674 g/mol. The summed E-state index contributed by atoms with van der Waals surface area (Å²) in [5, 5.41) is 23.8. The Morgan fingerprint density at radius 1 is 0.816 bits per heavy atom. The maximum atomic E-state index is 13.7. The molecular weight excluding hydrogens is 630 g/mol. The zero-order chi connectivity index (χ0) is 35.0. The van der Waals surface area contributed by atoms with Crippen LogP contribution in [0, 0.1) is 5.92 Å². The minimum absolute atomic E-state index is 0.0130. The molecule has 0 saturated carbocycles. The van der Waals surface area contributed by atoms with Crippen LogP contribution in [0.15, 0.2) is 95.8 Å². The van der Waals surface area contributed by atoms with E-state index in [2.05, 4.69) is 26.1 Å². The fourth-order valence-electron chi connectivity index (χ4n) is 5.11. The minimum atomic E-state index is -1.09. The maximum Gasteiger partial charge on any atom is 0.408 e. The molecule has 4 rings (SSSR count). The van der Waals surface area contributed by atoms with E-state index in [9.17, 15) is 19.5 Å². The lowest BCUT2D eigenvalue weighted by Gasteiger charge is -2.30. The number of aliphatic hydroxyl groups is 1. The van der Waals surface area contributed by atoms with Gasteiger partial charge in [0.05, 0.1) is 19.3 Å². The minimum Gasteiger partial charge on any atom is -0.479 e. The average Bonchev–Trinajstić information content (AvgIpc) is 3.58. The van der Waals surface area contributed by atoms with Gasteiger partial charge in [0, 0.05) is 30.1 Å². The van der Waals surface area contributed by atoms with Crippen molar-refractivity contribution in [1.29, 1.82) is 0 Å². The van der Waals surface area contributed by atoms with Crippen molar-refractivity contribution >= 4 is 18.1 Å². The molecule has 49 heavy (non-hydrogen) atoms. The summed E-state index contributed by atoms with van der Waals surface area (Å²) in [6, 6.07) is 21.7. The van der Waals surface area contributed by atoms with Crippen molar-refractivity contribution in [1.82, 2.24) is 26.1 Å². The van der Waals surface area contributed by atoms with E-state index in [4.69, 9.17) is 18.7 Å². The topological polar surface area (TPSA) is 174 Å². The molecule has 0 aliphatic rings. The van der Waals surface area contributed by atoms with Gasteiger partial charge in [-0.05, 0) is 47.5 Å². The number of carbonyl (C=O) groups excluding carboxylic acids is 3. The summed E-state index contributed by atoms with van der Waals surface area (Å²) in [6.45, 7) is 3.39. The van der Waals surface area contributed by atoms with Gasteiger partial charge >= 0.3 is 12.2 Å². The molecule has 0 saturated heterocycles. The number of pyridine rings is 1. The van der Waals surface area contributed by atoms with Crippen LogP contribution >= 0.6 is 0 Å². The molecule has 4 atom stereocenters. The van der Waals surface area contributed by atoms with Crippen LogP contribution < -0.4 is 20.7 Å². The summed E-state index contributed by atoms with van der Waals surface area (Å²) in [5.74, 6) is -0.242. The van der Waals surface area contributed by atoms with Crippen molar-refractivity contribution in [3.8, 4) is 5.88 Å². The third-order valence-electron chi connectivity index (χ3n) is 7.67. The van der Waals surface area contributed by atoms with Gasteiger partial charge in [0.15, 0.2) is 12.4 Å². The third kappa shape index (κ3) is 12.3. The van der Waals surface area contributed by atoms with E-state index in [1.807, 2.05) is 60.7 Å². The first-order valence-electron chi connectivity index (χ1n) is 16.0. The van der Waals surface area contributed by atoms with Crippen molar-refractivity contribution in [2.75, 3.05) is 7.11 Å². The predicted octanol–water partition coefficient (Wildman–Crippen LogP) is 4.35. The van der Waals surface area contributed by atoms with Gasteiger partial charge in [-0.3, -0.25) is 9.78 Å². The summed E-state index contributed by atoms with van der Waals surface area (Å²) in [7, 11) is 1.43. The first kappa shape index (κ1) is 36.4. The van der Waals surface area contributed by atoms with Crippen LogP contribution in [0.25, 0.3) is 0 Å². The molecular formula is C36H43N5O8. The predicted molar refractivity (Wildman–Crippen MR) is 179 cm³/mol. The van der Waals surface area contributed by atoms with E-state index in [0.29, 0.717) is 12.8 Å². The number of alkyl carbamates (subject to hydrolysis) is 2. The van der Waals surface area contributed by atoms with Crippen molar-refractivity contribution in [3.05, 3.63) is 114 Å². The number of hydrogen-bond acceptors (Lipinski definition) is 10. The quantitative estimate of drug-likeness (QED) is 0.126. The lowest BCUT2D eigenvalue weighted by molar-refractivity contribution is -0.125. The van der Waals surface area contributed by atoms with Crippen LogP contribution in [-0.2, 0) is 40.3 Å². The summed E-state index contributed by atoms with van der Waals surface area (Å²) in [4.78, 5) is 43.3. The van der Waals surface area contributed by atoms with Gasteiger partial charge < -0.3 is 39.8 Å². The molecule has 4 aromatic rings. The highest BCUT2D eigenvalue weighted by atomic mass is 16.6. The summed E-state index contributed by atoms with van der Waals surface area (Å²) in [6.07, 6.45) is 1.42. The molecule has 0 aliphatic carbocycles. The van der Waals surface area contributed by atoms with Gasteiger partial charge in [0.2, 0.25) is 5.91 Å². The van der Waals surface area contributed by atoms with Crippen LogP contribution in [-0.4, -0.2) is 64.7 Å². The van der Waals surface area contributed by atoms with E-state index in [1.54, 1.807) is 38.4 Å². The number of amides is 3. The van der Waals surface area contributed by atoms with E-state index in [0.717, 1.165) is 16.7 Å². The Balaban J connectivity index is 1.45. The largest absolute Gasteiger partial charge is 0.479 e. The van der Waals surface area contributed by atoms with Gasteiger partial charge in [0.25, 0.3) is 5.88 Å². The lowest BCUT2D eigenvalue weighted by atomic mass is 9.93. The molecule has 0 radical (unpaired) electrons. The van der Waals surface area contributed by atoms with Gasteiger partial charge in [0.1, 0.15) is 12.6 Å². The molecule has 260 valence electrons. The first-order valence-corrected chi connectivity index (χ1v) is 16.0. The molecule has 2 aromatic heterocycles. The molecule has 13 heteroatoms. The number of aliphatic hydroxyl groups excluding tert-OH is 1. The van der Waals surface area contributed by atoms with E-state index < -0.39 is 42.3 Å². The molecule has 0 aliphatic heterocycles. The van der Waals surface area contributed by atoms with Crippen molar-refractivity contribution < 1.29 is 38.2 Å². The number of aromatic nitrogens is 2. The molecule has 2 aromatic carbocycles. The highest BCUT2D eigenvalue weighted by molar-refractivity contribution is 5.86. The van der Waals surface area contributed by atoms with Crippen molar-refractivity contribution in [3.63, 3.8) is 0 Å².